The highest BCUT2D eigenvalue weighted by Crippen LogP contribution is 2.20. The van der Waals surface area contributed by atoms with Crippen molar-refractivity contribution in [2.45, 2.75) is 399 Å². The largest absolute Gasteiger partial charge is 0.545 e. The van der Waals surface area contributed by atoms with Crippen LogP contribution in [0, 0.1) is 0 Å². The van der Waals surface area contributed by atoms with Gasteiger partial charge in [0.15, 0.2) is 12.4 Å². The smallest absolute Gasteiger partial charge is 0.306 e. The first-order chi connectivity index (χ1) is 50.6. The van der Waals surface area contributed by atoms with Gasteiger partial charge in [-0.05, 0) is 109 Å². The summed E-state index contributed by atoms with van der Waals surface area (Å²) in [7, 11) is 5.95. The number of carbonyl (C=O) groups is 3. The molecule has 592 valence electrons. The molecule has 2 atom stereocenters. The lowest BCUT2D eigenvalue weighted by Gasteiger charge is -2.26. The first-order valence-corrected chi connectivity index (χ1v) is 43.3. The molecule has 2 unspecified atom stereocenters. The van der Waals surface area contributed by atoms with E-state index in [0.717, 1.165) is 103 Å². The van der Waals surface area contributed by atoms with Crippen LogP contribution in [0.2, 0.25) is 0 Å². The number of ether oxygens (including phenoxy) is 4. The van der Waals surface area contributed by atoms with Crippen molar-refractivity contribution in [3.63, 3.8) is 0 Å². The number of likely N-dealkylation sites (N-methyl/N-ethyl adjacent to an activating group) is 1. The van der Waals surface area contributed by atoms with Gasteiger partial charge in [-0.15, -0.1) is 0 Å². The van der Waals surface area contributed by atoms with Crippen LogP contribution in [0.3, 0.4) is 0 Å². The van der Waals surface area contributed by atoms with E-state index in [2.05, 4.69) is 148 Å². The van der Waals surface area contributed by atoms with Crippen molar-refractivity contribution in [3.8, 4) is 0 Å². The molecule has 0 aromatic heterocycles. The van der Waals surface area contributed by atoms with Gasteiger partial charge in [0.2, 0.25) is 0 Å². The number of unbranched alkanes of at least 4 members (excludes halogenated alkanes) is 43. The third-order valence-corrected chi connectivity index (χ3v) is 18.9. The van der Waals surface area contributed by atoms with E-state index in [1.165, 1.54) is 250 Å². The van der Waals surface area contributed by atoms with Crippen LogP contribution in [-0.4, -0.2) is 82.3 Å². The van der Waals surface area contributed by atoms with E-state index in [1.807, 2.05) is 21.1 Å². The number of aliphatic carboxylic acids is 1. The first-order valence-electron chi connectivity index (χ1n) is 43.3. The second-order valence-electron chi connectivity index (χ2n) is 30.1. The van der Waals surface area contributed by atoms with E-state index in [0.29, 0.717) is 23.9 Å². The number of allylic oxidation sites excluding steroid dienone is 22. The number of hydrogen-bond donors (Lipinski definition) is 0. The van der Waals surface area contributed by atoms with Crippen LogP contribution in [0.4, 0.5) is 0 Å². The fourth-order valence-electron chi connectivity index (χ4n) is 12.4. The van der Waals surface area contributed by atoms with E-state index in [4.69, 9.17) is 18.9 Å². The Bertz CT molecular complexity index is 2170. The van der Waals surface area contributed by atoms with Gasteiger partial charge in [-0.25, -0.2) is 0 Å². The summed E-state index contributed by atoms with van der Waals surface area (Å²) < 4.78 is 22.9. The zero-order valence-electron chi connectivity index (χ0n) is 67.9. The molecule has 0 aliphatic heterocycles. The molecule has 0 rings (SSSR count). The monoisotopic (exact) mass is 1430 g/mol. The van der Waals surface area contributed by atoms with E-state index in [9.17, 15) is 19.5 Å². The van der Waals surface area contributed by atoms with Gasteiger partial charge in [0.1, 0.15) is 13.2 Å². The Hall–Kier alpha value is -4.57. The molecule has 0 aliphatic rings. The normalized spacial score (nSPS) is 13.3. The summed E-state index contributed by atoms with van der Waals surface area (Å²) in [5.41, 5.74) is 0. The summed E-state index contributed by atoms with van der Waals surface area (Å²) >= 11 is 0. The molecule has 0 amide bonds. The predicted molar refractivity (Wildman–Crippen MR) is 444 cm³/mol. The van der Waals surface area contributed by atoms with Gasteiger partial charge in [-0.1, -0.05) is 398 Å². The van der Waals surface area contributed by atoms with Gasteiger partial charge in [0, 0.05) is 12.8 Å². The number of nitrogens with zero attached hydrogens (tertiary/aromatic N) is 1. The Labute approximate surface area is 637 Å². The van der Waals surface area contributed by atoms with E-state index < -0.39 is 24.3 Å². The molecular weight excluding hydrogens is 1270 g/mol. The summed E-state index contributed by atoms with van der Waals surface area (Å²) in [6.45, 7) is 4.57. The third kappa shape index (κ3) is 84.6. The minimum atomic E-state index is -1.63. The van der Waals surface area contributed by atoms with Crippen LogP contribution in [0.15, 0.2) is 134 Å². The number of carboxylic acids is 1. The zero-order chi connectivity index (χ0) is 74.6. The Kier molecular flexibility index (Phi) is 79.4. The van der Waals surface area contributed by atoms with Crippen molar-refractivity contribution < 1.29 is 42.9 Å². The highest BCUT2D eigenvalue weighted by atomic mass is 16.7. The van der Waals surface area contributed by atoms with Crippen LogP contribution in [-0.2, 0) is 33.3 Å². The lowest BCUT2D eigenvalue weighted by molar-refractivity contribution is -0.870. The summed E-state index contributed by atoms with van der Waals surface area (Å²) in [5, 5.41) is 11.9. The molecule has 103 heavy (non-hydrogen) atoms. The molecule has 0 saturated carbocycles. The maximum absolute atomic E-state index is 13.0. The molecule has 0 saturated heterocycles. The molecule has 0 spiro atoms. The Morgan fingerprint density at radius 2 is 0.524 bits per heavy atom. The molecule has 0 bridgehead atoms. The van der Waals surface area contributed by atoms with Gasteiger partial charge < -0.3 is 33.3 Å². The van der Waals surface area contributed by atoms with E-state index in [-0.39, 0.29) is 32.2 Å². The molecule has 0 aromatic rings. The third-order valence-electron chi connectivity index (χ3n) is 18.9. The molecule has 0 aliphatic carbocycles. The number of carbonyl (C=O) groups excluding carboxylic acids is 3. The summed E-state index contributed by atoms with van der Waals surface area (Å²) in [5.74, 6) is -2.26. The Morgan fingerprint density at radius 3 is 0.777 bits per heavy atom. The zero-order valence-corrected chi connectivity index (χ0v) is 67.9. The lowest BCUT2D eigenvalue weighted by Crippen LogP contribution is -2.44. The van der Waals surface area contributed by atoms with Crippen molar-refractivity contribution in [2.75, 3.05) is 47.5 Å². The van der Waals surface area contributed by atoms with Gasteiger partial charge in [0.25, 0.3) is 0 Å². The standard InChI is InChI=1S/C94H163NO8/c1-6-8-10-12-14-16-18-20-22-24-26-28-30-32-34-36-38-40-42-44-46-48-50-52-54-56-58-60-62-64-66-68-70-72-74-76-78-80-82-84-91(96)101-88-90(89-102-94(93(98)99)100-87-86-95(3,4)5)103-92(97)85-83-81-79-77-75-73-71-69-67-65-63-61-59-57-55-53-51-49-47-45-43-41-39-37-35-33-31-29-27-25-23-21-19-17-15-13-11-9-7-2/h8-11,14-17,20-23,26-29,33,35,39,41,45,47,90,94H,6-7,12-13,18-19,24-25,30-32,34,36-38,40,42-44,46,48-89H2,1-5H3/b10-8-,11-9-,16-14-,17-15-,22-20-,23-21-,28-26-,29-27-,35-33-,41-39-,47-45-. The average molecular weight is 1440 g/mol. The summed E-state index contributed by atoms with van der Waals surface area (Å²) in [4.78, 5) is 37.7. The molecule has 9 heteroatoms. The summed E-state index contributed by atoms with van der Waals surface area (Å²) in [6, 6.07) is 0. The van der Waals surface area contributed by atoms with Crippen LogP contribution in [0.1, 0.15) is 386 Å². The number of quaternary nitrogens is 1. The van der Waals surface area contributed by atoms with Crippen molar-refractivity contribution in [3.05, 3.63) is 134 Å². The topological polar surface area (TPSA) is 111 Å². The van der Waals surface area contributed by atoms with Crippen molar-refractivity contribution in [2.24, 2.45) is 0 Å². The molecule has 0 N–H and O–H groups in total. The summed E-state index contributed by atoms with van der Waals surface area (Å²) in [6.07, 6.45) is 117. The molecule has 9 nitrogen and oxygen atoms in total. The van der Waals surface area contributed by atoms with Crippen LogP contribution in [0.25, 0.3) is 0 Å². The molecule has 0 heterocycles. The predicted octanol–water partition coefficient (Wildman–Crippen LogP) is 27.0. The van der Waals surface area contributed by atoms with Crippen molar-refractivity contribution in [1.29, 1.82) is 0 Å². The number of carboxylic acid groups (broad SMARTS) is 1. The first kappa shape index (κ1) is 98.4. The van der Waals surface area contributed by atoms with Gasteiger partial charge >= 0.3 is 11.9 Å². The minimum absolute atomic E-state index is 0.146. The second-order valence-corrected chi connectivity index (χ2v) is 30.1. The highest BCUT2D eigenvalue weighted by molar-refractivity contribution is 5.70. The molecule has 0 aromatic carbocycles. The van der Waals surface area contributed by atoms with Crippen molar-refractivity contribution >= 4 is 17.9 Å². The highest BCUT2D eigenvalue weighted by Gasteiger charge is 2.22. The fourth-order valence-corrected chi connectivity index (χ4v) is 12.4. The van der Waals surface area contributed by atoms with Crippen molar-refractivity contribution in [1.82, 2.24) is 0 Å². The van der Waals surface area contributed by atoms with Gasteiger partial charge in [-0.2, -0.15) is 0 Å². The van der Waals surface area contributed by atoms with Crippen LogP contribution < -0.4 is 5.11 Å². The number of rotatable bonds is 80. The molecule has 0 fully saturated rings. The lowest BCUT2D eigenvalue weighted by atomic mass is 10.0. The fraction of sp³-hybridized carbons (Fsp3) is 0.734. The Balaban J connectivity index is 3.96. The van der Waals surface area contributed by atoms with Gasteiger partial charge in [-0.3, -0.25) is 9.59 Å². The average Bonchev–Trinajstić information content (AvgIpc) is 0.985. The maximum Gasteiger partial charge on any atom is 0.306 e. The second kappa shape index (κ2) is 83.1. The molecular formula is C94H163NO8. The maximum atomic E-state index is 13.0. The van der Waals surface area contributed by atoms with Crippen LogP contribution in [0.5, 0.6) is 0 Å². The van der Waals surface area contributed by atoms with Gasteiger partial charge in [0.05, 0.1) is 40.3 Å². The number of esters is 2. The van der Waals surface area contributed by atoms with E-state index in [1.54, 1.807) is 0 Å². The van der Waals surface area contributed by atoms with Crippen LogP contribution >= 0.6 is 0 Å². The number of hydrogen-bond acceptors (Lipinski definition) is 8. The SMILES string of the molecule is CC/C=C\C/C=C\C/C=C\C/C=C\C/C=C\C/C=C\C/C=C\CCCCCCCCCCCCCCCCCCCC(=O)OC(COC(=O)CCCCCCCCCCCCCCCCCCCCCCCCCCCC/C=C\C/C=C\C/C=C\C/C=C\CC)COC(OCC[N+](C)(C)C)C(=O)[O-]. The minimum Gasteiger partial charge on any atom is -0.545 e. The molecule has 0 radical (unpaired) electrons. The Morgan fingerprint density at radius 1 is 0.291 bits per heavy atom. The van der Waals surface area contributed by atoms with E-state index >= 15 is 0 Å². The quantitative estimate of drug-likeness (QED) is 0.0195.